The van der Waals surface area contributed by atoms with Crippen LogP contribution < -0.4 is 5.11 Å². The van der Waals surface area contributed by atoms with Gasteiger partial charge in [-0.15, -0.1) is 0 Å². The Morgan fingerprint density at radius 1 is 0.667 bits per heavy atom. The van der Waals surface area contributed by atoms with Crippen molar-refractivity contribution in [3.63, 3.8) is 0 Å². The van der Waals surface area contributed by atoms with Gasteiger partial charge in [0.25, 0.3) is 0 Å². The SMILES string of the molecule is CC(C)=C[O-].CCCC.CCCC.CCCC.[Sn]. The molecule has 0 amide bonds. The van der Waals surface area contributed by atoms with Crippen LogP contribution in [0.1, 0.15) is 93.9 Å². The molecule has 0 rings (SSSR count). The Morgan fingerprint density at radius 3 is 0.778 bits per heavy atom. The van der Waals surface area contributed by atoms with E-state index >= 15 is 0 Å². The minimum Gasteiger partial charge on any atom is -0.878 e. The minimum atomic E-state index is 0. The molecular formula is C16H37OSn-. The van der Waals surface area contributed by atoms with Crippen molar-refractivity contribution in [3.05, 3.63) is 11.8 Å². The summed E-state index contributed by atoms with van der Waals surface area (Å²) in [5.74, 6) is 0. The van der Waals surface area contributed by atoms with Gasteiger partial charge < -0.3 is 5.11 Å². The van der Waals surface area contributed by atoms with Crippen LogP contribution in [-0.2, 0) is 0 Å². The van der Waals surface area contributed by atoms with Gasteiger partial charge in [0.15, 0.2) is 0 Å². The summed E-state index contributed by atoms with van der Waals surface area (Å²) in [6.07, 6.45) is 8.75. The van der Waals surface area contributed by atoms with Gasteiger partial charge in [0.1, 0.15) is 0 Å². The van der Waals surface area contributed by atoms with Crippen molar-refractivity contribution in [2.45, 2.75) is 93.9 Å². The molecule has 1 nitrogen and oxygen atoms in total. The van der Waals surface area contributed by atoms with E-state index in [0.29, 0.717) is 0 Å². The topological polar surface area (TPSA) is 23.1 Å². The van der Waals surface area contributed by atoms with Crippen LogP contribution in [0.25, 0.3) is 0 Å². The third kappa shape index (κ3) is 135. The van der Waals surface area contributed by atoms with E-state index in [9.17, 15) is 5.11 Å². The Labute approximate surface area is 134 Å². The zero-order valence-electron chi connectivity index (χ0n) is 14.2. The second kappa shape index (κ2) is 43.3. The molecule has 18 heavy (non-hydrogen) atoms. The molecule has 0 aromatic heterocycles. The van der Waals surface area contributed by atoms with E-state index in [1.165, 1.54) is 38.5 Å². The van der Waals surface area contributed by atoms with E-state index in [1.807, 2.05) is 0 Å². The number of allylic oxidation sites excluding steroid dienone is 1. The van der Waals surface area contributed by atoms with Crippen molar-refractivity contribution in [2.24, 2.45) is 0 Å². The van der Waals surface area contributed by atoms with Crippen molar-refractivity contribution in [3.8, 4) is 0 Å². The van der Waals surface area contributed by atoms with E-state index in [-0.39, 0.29) is 23.9 Å². The molecular weight excluding hydrogens is 327 g/mol. The Hall–Kier alpha value is 0.339. The zero-order chi connectivity index (χ0) is 14.5. The van der Waals surface area contributed by atoms with Crippen molar-refractivity contribution in [1.82, 2.24) is 0 Å². The number of unbranched alkanes of at least 4 members (excludes halogenated alkanes) is 3. The van der Waals surface area contributed by atoms with Crippen molar-refractivity contribution < 1.29 is 5.11 Å². The first-order valence-electron chi connectivity index (χ1n) is 7.27. The quantitative estimate of drug-likeness (QED) is 0.492. The third-order valence-corrected chi connectivity index (χ3v) is 1.74. The summed E-state index contributed by atoms with van der Waals surface area (Å²) in [6, 6.07) is 0. The smallest absolute Gasteiger partial charge is 0 e. The molecule has 0 atom stereocenters. The Bertz CT molecular complexity index is 92.2. The number of hydrogen-bond acceptors (Lipinski definition) is 1. The fourth-order valence-corrected chi connectivity index (χ4v) is 0. The van der Waals surface area contributed by atoms with Gasteiger partial charge in [-0.2, -0.15) is 6.26 Å². The maximum atomic E-state index is 9.47. The molecule has 112 valence electrons. The van der Waals surface area contributed by atoms with Gasteiger partial charge in [0.05, 0.1) is 0 Å². The molecule has 0 bridgehead atoms. The molecule has 0 aliphatic heterocycles. The first-order chi connectivity index (χ1) is 8.01. The monoisotopic (exact) mass is 365 g/mol. The van der Waals surface area contributed by atoms with Crippen LogP contribution in [0, 0.1) is 0 Å². The van der Waals surface area contributed by atoms with E-state index in [0.717, 1.165) is 11.8 Å². The van der Waals surface area contributed by atoms with Gasteiger partial charge in [0, 0.05) is 23.9 Å². The predicted octanol–water partition coefficient (Wildman–Crippen LogP) is 5.31. The molecule has 0 aliphatic carbocycles. The Kier molecular flexibility index (Phi) is 74.5. The first kappa shape index (κ1) is 31.0. The van der Waals surface area contributed by atoms with Crippen LogP contribution in [0.15, 0.2) is 11.8 Å². The first-order valence-corrected chi connectivity index (χ1v) is 7.27. The number of hydrogen-bond donors (Lipinski definition) is 0. The van der Waals surface area contributed by atoms with Gasteiger partial charge in [-0.1, -0.05) is 85.6 Å². The van der Waals surface area contributed by atoms with Gasteiger partial charge in [0.2, 0.25) is 0 Å². The normalized spacial score (nSPS) is 6.89. The molecule has 0 N–H and O–H groups in total. The fraction of sp³-hybridized carbons (Fsp3) is 0.875. The molecule has 0 unspecified atom stereocenters. The average Bonchev–Trinajstić information content (AvgIpc) is 2.39. The summed E-state index contributed by atoms with van der Waals surface area (Å²) in [6.45, 7) is 16.6. The van der Waals surface area contributed by atoms with E-state index in [2.05, 4.69) is 41.5 Å². The Morgan fingerprint density at radius 2 is 0.778 bits per heavy atom. The molecule has 0 heterocycles. The summed E-state index contributed by atoms with van der Waals surface area (Å²) in [5.41, 5.74) is 0.824. The maximum absolute atomic E-state index is 9.47. The molecule has 0 spiro atoms. The van der Waals surface area contributed by atoms with Gasteiger partial charge >= 0.3 is 0 Å². The number of rotatable bonds is 3. The van der Waals surface area contributed by atoms with Gasteiger partial charge in [-0.05, 0) is 13.8 Å². The molecule has 2 heteroatoms. The van der Waals surface area contributed by atoms with Crippen molar-refractivity contribution in [2.75, 3.05) is 0 Å². The summed E-state index contributed by atoms with van der Waals surface area (Å²) >= 11 is 0. The molecule has 0 aromatic rings. The van der Waals surface area contributed by atoms with E-state index in [1.54, 1.807) is 13.8 Å². The van der Waals surface area contributed by atoms with Crippen molar-refractivity contribution >= 4 is 23.9 Å². The summed E-state index contributed by atoms with van der Waals surface area (Å²) < 4.78 is 0. The average molecular weight is 364 g/mol. The second-order valence-electron chi connectivity index (χ2n) is 4.20. The summed E-state index contributed by atoms with van der Waals surface area (Å²) in [7, 11) is 0. The molecule has 0 saturated heterocycles. The maximum Gasteiger partial charge on any atom is 0 e. The molecule has 4 radical (unpaired) electrons. The van der Waals surface area contributed by atoms with Crippen LogP contribution in [-0.4, -0.2) is 23.9 Å². The minimum absolute atomic E-state index is 0. The van der Waals surface area contributed by atoms with Crippen LogP contribution in [0.5, 0.6) is 0 Å². The fourth-order valence-electron chi connectivity index (χ4n) is 0. The molecule has 0 aromatic carbocycles. The Balaban J connectivity index is -0.0000000412. The van der Waals surface area contributed by atoms with Gasteiger partial charge in [-0.3, -0.25) is 0 Å². The second-order valence-corrected chi connectivity index (χ2v) is 4.20. The largest absolute Gasteiger partial charge is 0.878 e. The van der Waals surface area contributed by atoms with Gasteiger partial charge in [-0.25, -0.2) is 0 Å². The van der Waals surface area contributed by atoms with E-state index in [4.69, 9.17) is 0 Å². The zero-order valence-corrected chi connectivity index (χ0v) is 17.1. The molecule has 0 aliphatic rings. The van der Waals surface area contributed by atoms with Crippen LogP contribution in [0.4, 0.5) is 0 Å². The summed E-state index contributed by atoms with van der Waals surface area (Å²) in [4.78, 5) is 0. The van der Waals surface area contributed by atoms with Crippen LogP contribution in [0.2, 0.25) is 0 Å². The third-order valence-electron chi connectivity index (χ3n) is 1.74. The predicted molar refractivity (Wildman–Crippen MR) is 86.9 cm³/mol. The van der Waals surface area contributed by atoms with Crippen LogP contribution in [0.3, 0.4) is 0 Å². The standard InChI is InChI=1S/C4H8O.3C4H10.Sn/c1-4(2)3-5;3*1-3-4-2;/h3,5H,1-2H3;3*3-4H2,1-2H3;/p-1. The molecule has 0 fully saturated rings. The van der Waals surface area contributed by atoms with Crippen LogP contribution >= 0.6 is 0 Å². The summed E-state index contributed by atoms with van der Waals surface area (Å²) in [5, 5.41) is 9.47. The van der Waals surface area contributed by atoms with Crippen molar-refractivity contribution in [1.29, 1.82) is 0 Å². The molecule has 0 saturated carbocycles. The van der Waals surface area contributed by atoms with E-state index < -0.39 is 0 Å².